The minimum Gasteiger partial charge on any atom is -0.313 e. The molecule has 3 aliphatic rings. The number of halogens is 1. The summed E-state index contributed by atoms with van der Waals surface area (Å²) in [5, 5.41) is 3.79. The van der Waals surface area contributed by atoms with Gasteiger partial charge in [0.1, 0.15) is 0 Å². The molecule has 0 aliphatic heterocycles. The van der Waals surface area contributed by atoms with E-state index in [2.05, 4.69) is 45.5 Å². The average molecular weight is 320 g/mol. The van der Waals surface area contributed by atoms with Gasteiger partial charge < -0.3 is 5.32 Å². The van der Waals surface area contributed by atoms with Crippen LogP contribution in [0.25, 0.3) is 0 Å². The van der Waals surface area contributed by atoms with E-state index in [1.165, 1.54) is 56.0 Å². The van der Waals surface area contributed by atoms with Crippen molar-refractivity contribution in [3.63, 3.8) is 0 Å². The molecule has 0 bridgehead atoms. The third kappa shape index (κ3) is 2.08. The van der Waals surface area contributed by atoms with Crippen LogP contribution in [0, 0.1) is 5.41 Å². The maximum Gasteiger partial charge on any atom is 0.0213 e. The number of hydrogen-bond donors (Lipinski definition) is 1. The van der Waals surface area contributed by atoms with Gasteiger partial charge in [0.05, 0.1) is 0 Å². The van der Waals surface area contributed by atoms with Gasteiger partial charge in [0.2, 0.25) is 0 Å². The summed E-state index contributed by atoms with van der Waals surface area (Å²) in [5.74, 6) is 0. The first kappa shape index (κ1) is 12.4. The third-order valence-corrected chi connectivity index (χ3v) is 6.28. The van der Waals surface area contributed by atoms with E-state index in [1.807, 2.05) is 0 Å². The van der Waals surface area contributed by atoms with Crippen LogP contribution in [0.2, 0.25) is 0 Å². The SMILES string of the molecule is Brc1ccccc1C1(CNC2CC2)CC2(CCC2)C1. The van der Waals surface area contributed by atoms with E-state index in [0.717, 1.165) is 11.5 Å². The van der Waals surface area contributed by atoms with Gasteiger partial charge in [0, 0.05) is 22.5 Å². The molecule has 0 amide bonds. The summed E-state index contributed by atoms with van der Waals surface area (Å²) >= 11 is 3.78. The highest BCUT2D eigenvalue weighted by Crippen LogP contribution is 2.65. The summed E-state index contributed by atoms with van der Waals surface area (Å²) in [6.45, 7) is 1.18. The number of nitrogens with one attached hydrogen (secondary N) is 1. The summed E-state index contributed by atoms with van der Waals surface area (Å²) < 4.78 is 1.31. The van der Waals surface area contributed by atoms with Gasteiger partial charge in [-0.2, -0.15) is 0 Å². The Kier molecular flexibility index (Phi) is 2.82. The minimum absolute atomic E-state index is 0.406. The monoisotopic (exact) mass is 319 g/mol. The predicted molar refractivity (Wildman–Crippen MR) is 82.4 cm³/mol. The molecule has 0 saturated heterocycles. The van der Waals surface area contributed by atoms with Crippen molar-refractivity contribution >= 4 is 15.9 Å². The summed E-state index contributed by atoms with van der Waals surface area (Å²) in [7, 11) is 0. The highest BCUT2D eigenvalue weighted by Gasteiger charge is 2.57. The molecule has 1 aromatic carbocycles. The van der Waals surface area contributed by atoms with Gasteiger partial charge in [0.25, 0.3) is 0 Å². The zero-order valence-electron chi connectivity index (χ0n) is 11.4. The zero-order valence-corrected chi connectivity index (χ0v) is 13.0. The molecule has 19 heavy (non-hydrogen) atoms. The number of hydrogen-bond acceptors (Lipinski definition) is 1. The molecule has 1 nitrogen and oxygen atoms in total. The molecule has 1 aromatic rings. The summed E-state index contributed by atoms with van der Waals surface area (Å²) in [5.41, 5.74) is 2.67. The summed E-state index contributed by atoms with van der Waals surface area (Å²) in [6, 6.07) is 9.69. The van der Waals surface area contributed by atoms with Gasteiger partial charge in [-0.25, -0.2) is 0 Å². The Morgan fingerprint density at radius 1 is 1.16 bits per heavy atom. The Balaban J connectivity index is 1.58. The van der Waals surface area contributed by atoms with Crippen LogP contribution in [-0.2, 0) is 5.41 Å². The second-order valence-corrected chi connectivity index (χ2v) is 7.98. The zero-order chi connectivity index (χ0) is 12.9. The molecule has 102 valence electrons. The summed E-state index contributed by atoms with van der Waals surface area (Å²) in [6.07, 6.45) is 9.99. The highest BCUT2D eigenvalue weighted by molar-refractivity contribution is 9.10. The van der Waals surface area contributed by atoms with E-state index >= 15 is 0 Å². The molecule has 3 saturated carbocycles. The number of rotatable bonds is 4. The molecule has 0 radical (unpaired) electrons. The maximum atomic E-state index is 3.79. The van der Waals surface area contributed by atoms with Gasteiger partial charge in [0.15, 0.2) is 0 Å². The lowest BCUT2D eigenvalue weighted by Gasteiger charge is -2.62. The van der Waals surface area contributed by atoms with Crippen LogP contribution in [0.15, 0.2) is 28.7 Å². The van der Waals surface area contributed by atoms with Gasteiger partial charge in [-0.05, 0) is 55.6 Å². The van der Waals surface area contributed by atoms with Crippen LogP contribution in [0.4, 0.5) is 0 Å². The second kappa shape index (κ2) is 4.33. The molecule has 3 aliphatic carbocycles. The fraction of sp³-hybridized carbons (Fsp3) is 0.647. The molecular weight excluding hydrogens is 298 g/mol. The average Bonchev–Trinajstić information content (AvgIpc) is 3.11. The van der Waals surface area contributed by atoms with Crippen LogP contribution in [0.1, 0.15) is 50.5 Å². The number of benzene rings is 1. The van der Waals surface area contributed by atoms with E-state index in [0.29, 0.717) is 5.41 Å². The largest absolute Gasteiger partial charge is 0.313 e. The molecule has 0 unspecified atom stereocenters. The van der Waals surface area contributed by atoms with Crippen molar-refractivity contribution in [3.8, 4) is 0 Å². The van der Waals surface area contributed by atoms with Crippen molar-refractivity contribution in [3.05, 3.63) is 34.3 Å². The van der Waals surface area contributed by atoms with Crippen LogP contribution >= 0.6 is 15.9 Å². The Morgan fingerprint density at radius 2 is 1.89 bits per heavy atom. The Labute approximate surface area is 124 Å². The molecule has 0 atom stereocenters. The first-order valence-electron chi connectivity index (χ1n) is 7.70. The van der Waals surface area contributed by atoms with Gasteiger partial charge >= 0.3 is 0 Å². The van der Waals surface area contributed by atoms with Gasteiger partial charge in [-0.3, -0.25) is 0 Å². The normalized spacial score (nSPS) is 26.8. The third-order valence-electron chi connectivity index (χ3n) is 5.59. The van der Waals surface area contributed by atoms with Crippen LogP contribution in [0.5, 0.6) is 0 Å². The van der Waals surface area contributed by atoms with Crippen molar-refractivity contribution in [1.82, 2.24) is 5.32 Å². The molecule has 4 rings (SSSR count). The predicted octanol–water partition coefficient (Wildman–Crippen LogP) is 4.40. The lowest BCUT2D eigenvalue weighted by atomic mass is 9.43. The summed E-state index contributed by atoms with van der Waals surface area (Å²) in [4.78, 5) is 0. The first-order chi connectivity index (χ1) is 9.22. The Bertz CT molecular complexity index is 480. The molecule has 0 heterocycles. The molecule has 0 aromatic heterocycles. The first-order valence-corrected chi connectivity index (χ1v) is 8.49. The fourth-order valence-electron chi connectivity index (χ4n) is 4.34. The lowest BCUT2D eigenvalue weighted by Crippen LogP contribution is -2.57. The fourth-order valence-corrected chi connectivity index (χ4v) is 5.05. The minimum atomic E-state index is 0.406. The quantitative estimate of drug-likeness (QED) is 0.867. The van der Waals surface area contributed by atoms with Gasteiger partial charge in [-0.15, -0.1) is 0 Å². The van der Waals surface area contributed by atoms with E-state index in [9.17, 15) is 0 Å². The van der Waals surface area contributed by atoms with E-state index < -0.39 is 0 Å². The second-order valence-electron chi connectivity index (χ2n) is 7.12. The standard InChI is InChI=1S/C17H22BrN/c18-15-5-2-1-4-14(15)17(12-19-13-6-7-13)10-16(11-17)8-3-9-16/h1-2,4-5,13,19H,3,6-12H2. The van der Waals surface area contributed by atoms with Crippen molar-refractivity contribution in [2.45, 2.75) is 56.4 Å². The van der Waals surface area contributed by atoms with Crippen molar-refractivity contribution < 1.29 is 0 Å². The Hall–Kier alpha value is -0.340. The topological polar surface area (TPSA) is 12.0 Å². The molecule has 1 spiro atoms. The van der Waals surface area contributed by atoms with Crippen molar-refractivity contribution in [2.24, 2.45) is 5.41 Å². The maximum absolute atomic E-state index is 3.79. The van der Waals surface area contributed by atoms with Crippen LogP contribution in [0.3, 0.4) is 0 Å². The van der Waals surface area contributed by atoms with Crippen molar-refractivity contribution in [2.75, 3.05) is 6.54 Å². The molecule has 2 heteroatoms. The molecular formula is C17H22BrN. The van der Waals surface area contributed by atoms with Crippen molar-refractivity contribution in [1.29, 1.82) is 0 Å². The smallest absolute Gasteiger partial charge is 0.0213 e. The van der Waals surface area contributed by atoms with E-state index in [-0.39, 0.29) is 0 Å². The van der Waals surface area contributed by atoms with Crippen LogP contribution in [-0.4, -0.2) is 12.6 Å². The van der Waals surface area contributed by atoms with Gasteiger partial charge in [-0.1, -0.05) is 40.5 Å². The van der Waals surface area contributed by atoms with Crippen LogP contribution < -0.4 is 5.32 Å². The highest BCUT2D eigenvalue weighted by atomic mass is 79.9. The Morgan fingerprint density at radius 3 is 2.47 bits per heavy atom. The van der Waals surface area contributed by atoms with E-state index in [1.54, 1.807) is 5.56 Å². The molecule has 3 fully saturated rings. The molecule has 1 N–H and O–H groups in total. The van der Waals surface area contributed by atoms with E-state index in [4.69, 9.17) is 0 Å². The lowest BCUT2D eigenvalue weighted by molar-refractivity contribution is -0.0487.